The molecule has 0 saturated carbocycles. The summed E-state index contributed by atoms with van der Waals surface area (Å²) >= 11 is 6.39. The SMILES string of the molecule is C=CC(=O)NCCOC(=O)OCCOC(=S)SC1COCOC1. The van der Waals surface area contributed by atoms with Gasteiger partial charge in [-0.25, -0.2) is 4.79 Å². The minimum absolute atomic E-state index is 0.00914. The standard InChI is InChI=1S/C13H19NO7S2/c1-2-11(15)14-3-4-19-12(16)20-5-6-21-13(22)23-10-7-17-9-18-8-10/h2,10H,1,3-9H2,(H,14,15). The van der Waals surface area contributed by atoms with Crippen LogP contribution < -0.4 is 5.32 Å². The van der Waals surface area contributed by atoms with Crippen molar-refractivity contribution < 1.29 is 33.3 Å². The lowest BCUT2D eigenvalue weighted by Crippen LogP contribution is -2.28. The maximum atomic E-state index is 11.2. The zero-order valence-corrected chi connectivity index (χ0v) is 14.1. The molecule has 1 amide bonds. The number of amides is 1. The molecule has 1 fully saturated rings. The van der Waals surface area contributed by atoms with E-state index in [0.29, 0.717) is 24.4 Å². The highest BCUT2D eigenvalue weighted by Gasteiger charge is 2.17. The van der Waals surface area contributed by atoms with Crippen molar-refractivity contribution in [3.63, 3.8) is 0 Å². The van der Waals surface area contributed by atoms with Crippen LogP contribution in [0.25, 0.3) is 0 Å². The third-order valence-electron chi connectivity index (χ3n) is 2.37. The summed E-state index contributed by atoms with van der Waals surface area (Å²) in [5.41, 5.74) is 0. The Bertz CT molecular complexity index is 413. The molecule has 1 saturated heterocycles. The molecule has 0 aromatic rings. The smallest absolute Gasteiger partial charge is 0.475 e. The second kappa shape index (κ2) is 12.1. The van der Waals surface area contributed by atoms with Gasteiger partial charge in [0.05, 0.1) is 25.0 Å². The highest BCUT2D eigenvalue weighted by Crippen LogP contribution is 2.17. The van der Waals surface area contributed by atoms with Crippen LogP contribution in [0.1, 0.15) is 0 Å². The lowest BCUT2D eigenvalue weighted by Gasteiger charge is -2.21. The van der Waals surface area contributed by atoms with Gasteiger partial charge in [0.1, 0.15) is 26.6 Å². The Balaban J connectivity index is 1.96. The van der Waals surface area contributed by atoms with Crippen LogP contribution in [0.2, 0.25) is 0 Å². The average Bonchev–Trinajstić information content (AvgIpc) is 2.56. The molecule has 10 heteroatoms. The van der Waals surface area contributed by atoms with Gasteiger partial charge in [-0.05, 0) is 18.3 Å². The molecule has 1 N–H and O–H groups in total. The van der Waals surface area contributed by atoms with E-state index >= 15 is 0 Å². The van der Waals surface area contributed by atoms with E-state index < -0.39 is 6.16 Å². The lowest BCUT2D eigenvalue weighted by atomic mass is 10.5. The summed E-state index contributed by atoms with van der Waals surface area (Å²) in [7, 11) is 0. The minimum Gasteiger partial charge on any atom is -0.475 e. The van der Waals surface area contributed by atoms with Gasteiger partial charge in [0.25, 0.3) is 0 Å². The molecule has 0 atom stereocenters. The van der Waals surface area contributed by atoms with Crippen LogP contribution in [0, 0.1) is 0 Å². The first-order chi connectivity index (χ1) is 11.1. The van der Waals surface area contributed by atoms with E-state index in [9.17, 15) is 9.59 Å². The van der Waals surface area contributed by atoms with Crippen molar-refractivity contribution in [3.8, 4) is 0 Å². The first-order valence-electron chi connectivity index (χ1n) is 6.80. The molecule has 1 heterocycles. The number of ether oxygens (including phenoxy) is 5. The zero-order chi connectivity index (χ0) is 16.9. The Hall–Kier alpha value is -1.36. The van der Waals surface area contributed by atoms with E-state index in [1.54, 1.807) is 0 Å². The van der Waals surface area contributed by atoms with Crippen molar-refractivity contribution in [1.29, 1.82) is 0 Å². The molecule has 0 radical (unpaired) electrons. The second-order valence-corrected chi connectivity index (χ2v) is 6.04. The molecule has 1 rings (SSSR count). The molecule has 0 aromatic carbocycles. The van der Waals surface area contributed by atoms with Gasteiger partial charge in [0.15, 0.2) is 0 Å². The van der Waals surface area contributed by atoms with E-state index in [1.165, 1.54) is 11.8 Å². The third-order valence-corrected chi connectivity index (χ3v) is 3.69. The van der Waals surface area contributed by atoms with Crippen molar-refractivity contribution >= 4 is 40.4 Å². The van der Waals surface area contributed by atoms with Gasteiger partial charge in [-0.2, -0.15) is 0 Å². The molecule has 8 nitrogen and oxygen atoms in total. The third kappa shape index (κ3) is 10.1. The summed E-state index contributed by atoms with van der Waals surface area (Å²) in [5.74, 6) is -0.338. The van der Waals surface area contributed by atoms with E-state index in [1.807, 2.05) is 0 Å². The minimum atomic E-state index is -0.839. The fraction of sp³-hybridized carbons (Fsp3) is 0.615. The summed E-state index contributed by atoms with van der Waals surface area (Å²) < 4.78 is 25.4. The summed E-state index contributed by atoms with van der Waals surface area (Å²) in [6, 6.07) is 0. The van der Waals surface area contributed by atoms with Crippen molar-refractivity contribution in [2.24, 2.45) is 0 Å². The maximum Gasteiger partial charge on any atom is 0.508 e. The summed E-state index contributed by atoms with van der Waals surface area (Å²) in [6.45, 7) is 5.03. The Kier molecular flexibility index (Phi) is 10.4. The molecule has 0 aromatic heterocycles. The number of nitrogens with one attached hydrogen (secondary N) is 1. The topological polar surface area (TPSA) is 92.3 Å². The van der Waals surface area contributed by atoms with Crippen molar-refractivity contribution in [2.45, 2.75) is 5.25 Å². The normalized spacial score (nSPS) is 14.6. The zero-order valence-electron chi connectivity index (χ0n) is 12.5. The second-order valence-electron chi connectivity index (χ2n) is 4.14. The number of rotatable bonds is 8. The van der Waals surface area contributed by atoms with Gasteiger partial charge in [-0.1, -0.05) is 18.3 Å². The van der Waals surface area contributed by atoms with E-state index in [4.69, 9.17) is 35.9 Å². The molecule has 0 aliphatic carbocycles. The Labute approximate surface area is 143 Å². The fourth-order valence-corrected chi connectivity index (χ4v) is 2.62. The van der Waals surface area contributed by atoms with Gasteiger partial charge >= 0.3 is 6.16 Å². The Morgan fingerprint density at radius 1 is 1.22 bits per heavy atom. The van der Waals surface area contributed by atoms with Crippen LogP contribution in [0.4, 0.5) is 4.79 Å². The van der Waals surface area contributed by atoms with Crippen LogP contribution in [0.15, 0.2) is 12.7 Å². The Morgan fingerprint density at radius 2 is 1.87 bits per heavy atom. The molecular weight excluding hydrogens is 346 g/mol. The van der Waals surface area contributed by atoms with Gasteiger partial charge in [-0.15, -0.1) is 0 Å². The number of carbonyl (C=O) groups excluding carboxylic acids is 2. The number of thiocarbonyl (C=S) groups is 1. The first kappa shape index (κ1) is 19.7. The predicted molar refractivity (Wildman–Crippen MR) is 87.2 cm³/mol. The largest absolute Gasteiger partial charge is 0.508 e. The highest BCUT2D eigenvalue weighted by atomic mass is 32.2. The fourth-order valence-electron chi connectivity index (χ4n) is 1.38. The summed E-state index contributed by atoms with van der Waals surface area (Å²) in [4.78, 5) is 22.0. The molecule has 0 unspecified atom stereocenters. The highest BCUT2D eigenvalue weighted by molar-refractivity contribution is 8.23. The van der Waals surface area contributed by atoms with Gasteiger partial charge in [-0.3, -0.25) is 4.79 Å². The number of hydrogen-bond acceptors (Lipinski definition) is 9. The van der Waals surface area contributed by atoms with Crippen molar-refractivity contribution in [1.82, 2.24) is 5.32 Å². The number of carbonyl (C=O) groups is 2. The molecule has 0 spiro atoms. The predicted octanol–water partition coefficient (Wildman–Crippen LogP) is 0.849. The van der Waals surface area contributed by atoms with Crippen LogP contribution in [-0.4, -0.2) is 68.1 Å². The summed E-state index contributed by atoms with van der Waals surface area (Å²) in [6.07, 6.45) is 0.288. The molecule has 23 heavy (non-hydrogen) atoms. The van der Waals surface area contributed by atoms with Crippen LogP contribution in [0.5, 0.6) is 0 Å². The summed E-state index contributed by atoms with van der Waals surface area (Å²) in [5, 5.41) is 2.56. The molecule has 1 aliphatic rings. The van der Waals surface area contributed by atoms with Crippen molar-refractivity contribution in [2.75, 3.05) is 46.4 Å². The monoisotopic (exact) mass is 365 g/mol. The van der Waals surface area contributed by atoms with Crippen LogP contribution in [-0.2, 0) is 28.5 Å². The average molecular weight is 365 g/mol. The molecule has 1 aliphatic heterocycles. The van der Waals surface area contributed by atoms with Gasteiger partial charge < -0.3 is 29.0 Å². The molecule has 0 bridgehead atoms. The van der Waals surface area contributed by atoms with Crippen LogP contribution in [0.3, 0.4) is 0 Å². The van der Waals surface area contributed by atoms with Gasteiger partial charge in [0.2, 0.25) is 10.3 Å². The first-order valence-corrected chi connectivity index (χ1v) is 8.09. The lowest BCUT2D eigenvalue weighted by molar-refractivity contribution is -0.116. The molecule has 130 valence electrons. The van der Waals surface area contributed by atoms with Crippen molar-refractivity contribution in [3.05, 3.63) is 12.7 Å². The maximum absolute atomic E-state index is 11.2. The van der Waals surface area contributed by atoms with E-state index in [2.05, 4.69) is 11.9 Å². The van der Waals surface area contributed by atoms with E-state index in [-0.39, 0.29) is 37.5 Å². The van der Waals surface area contributed by atoms with Gasteiger partial charge in [0, 0.05) is 0 Å². The van der Waals surface area contributed by atoms with Crippen LogP contribution >= 0.6 is 24.0 Å². The number of hydrogen-bond donors (Lipinski definition) is 1. The van der Waals surface area contributed by atoms with E-state index in [0.717, 1.165) is 6.08 Å². The Morgan fingerprint density at radius 3 is 2.57 bits per heavy atom. The number of thioether (sulfide) groups is 1. The quantitative estimate of drug-likeness (QED) is 0.291. The molecular formula is C13H19NO7S2.